The lowest BCUT2D eigenvalue weighted by atomic mass is 9.91. The highest BCUT2D eigenvalue weighted by molar-refractivity contribution is 5.78. The summed E-state index contributed by atoms with van der Waals surface area (Å²) in [5, 5.41) is 11.3. The van der Waals surface area contributed by atoms with E-state index < -0.39 is 12.1 Å². The molecule has 10 nitrogen and oxygen atoms in total. The second-order valence-corrected chi connectivity index (χ2v) is 10.4. The fraction of sp³-hybridized carbons (Fsp3) is 0.862. The molecular weight excluding hydrogens is 500 g/mol. The van der Waals surface area contributed by atoms with Crippen LogP contribution < -0.4 is 5.32 Å². The number of hydrogen-bond acceptors (Lipinski definition) is 7. The maximum absolute atomic E-state index is 11.9. The quantitative estimate of drug-likeness (QED) is 0.344. The van der Waals surface area contributed by atoms with Crippen molar-refractivity contribution >= 4 is 24.6 Å². The molecule has 1 fully saturated rings. The number of aldehydes is 2. The van der Waals surface area contributed by atoms with Crippen molar-refractivity contribution in [2.24, 2.45) is 11.8 Å². The third-order valence-electron chi connectivity index (χ3n) is 6.56. The van der Waals surface area contributed by atoms with Gasteiger partial charge in [-0.1, -0.05) is 60.8 Å². The maximum atomic E-state index is 11.9. The second kappa shape index (κ2) is 26.2. The lowest BCUT2D eigenvalue weighted by Gasteiger charge is -2.37. The molecule has 1 aliphatic rings. The van der Waals surface area contributed by atoms with Crippen LogP contribution in [-0.4, -0.2) is 118 Å². The smallest absolute Gasteiger partial charge is 0.407 e. The van der Waals surface area contributed by atoms with Crippen molar-refractivity contribution in [1.29, 1.82) is 0 Å². The van der Waals surface area contributed by atoms with Crippen molar-refractivity contribution in [1.82, 2.24) is 20.0 Å². The maximum Gasteiger partial charge on any atom is 0.407 e. The number of carbonyl (C=O) groups excluding carboxylic acids is 3. The standard InChI is InChI=1S/C13H26N2O3.C7H13NO3.C6H13N.C3H8/c1-6-10(2)13(11(18-5)7-8-16)15(4)12(17)9-14-3;1-5(2)6(4-9)8(3)7(10)11;1-7-5-3-2-4-6-7;1-3-2/h8,10-11,13-14H,6-7,9H2,1-5H3;4-6H,1-3H3,(H,10,11);2-6H2,1H3;3H2,1-2H3/t10-,11+,13-;;;/m1.../s1. The van der Waals surface area contributed by atoms with E-state index >= 15 is 0 Å². The van der Waals surface area contributed by atoms with Crippen LogP contribution in [0.2, 0.25) is 0 Å². The summed E-state index contributed by atoms with van der Waals surface area (Å²) < 4.78 is 5.38. The van der Waals surface area contributed by atoms with E-state index in [9.17, 15) is 19.2 Å². The van der Waals surface area contributed by atoms with Gasteiger partial charge in [-0.15, -0.1) is 0 Å². The molecule has 2 amide bonds. The van der Waals surface area contributed by atoms with Crippen molar-refractivity contribution in [2.75, 3.05) is 54.9 Å². The van der Waals surface area contributed by atoms with Crippen molar-refractivity contribution in [3.63, 3.8) is 0 Å². The molecule has 4 atom stereocenters. The Hall–Kier alpha value is -2.04. The van der Waals surface area contributed by atoms with E-state index in [0.717, 1.165) is 17.6 Å². The predicted octanol–water partition coefficient (Wildman–Crippen LogP) is 4.02. The summed E-state index contributed by atoms with van der Waals surface area (Å²) in [6.45, 7) is 14.9. The van der Waals surface area contributed by atoms with Gasteiger partial charge in [0.25, 0.3) is 0 Å². The van der Waals surface area contributed by atoms with Crippen LogP contribution >= 0.6 is 0 Å². The van der Waals surface area contributed by atoms with Crippen LogP contribution in [0.5, 0.6) is 0 Å². The number of rotatable bonds is 12. The van der Waals surface area contributed by atoms with Crippen LogP contribution in [0.15, 0.2) is 0 Å². The van der Waals surface area contributed by atoms with Gasteiger partial charge in [-0.3, -0.25) is 4.79 Å². The topological polar surface area (TPSA) is 119 Å². The number of ether oxygens (including phenoxy) is 1. The minimum Gasteiger partial charge on any atom is -0.465 e. The highest BCUT2D eigenvalue weighted by Gasteiger charge is 2.31. The SMILES string of the molecule is CC(C)C(C=O)N(C)C(=O)O.CCC.CC[C@@H](C)[C@H]([C@H](CC=O)OC)N(C)C(=O)CNC.CN1CCCCC1. The summed E-state index contributed by atoms with van der Waals surface area (Å²) in [7, 11) is 8.68. The van der Waals surface area contributed by atoms with Gasteiger partial charge in [-0.2, -0.15) is 0 Å². The molecular formula is C29H60N4O6. The minimum atomic E-state index is -1.07. The van der Waals surface area contributed by atoms with E-state index in [1.807, 2.05) is 0 Å². The number of carbonyl (C=O) groups is 4. The van der Waals surface area contributed by atoms with Crippen molar-refractivity contribution < 1.29 is 29.0 Å². The lowest BCUT2D eigenvalue weighted by molar-refractivity contribution is -0.136. The second-order valence-electron chi connectivity index (χ2n) is 10.4. The molecule has 39 heavy (non-hydrogen) atoms. The lowest BCUT2D eigenvalue weighted by Crippen LogP contribution is -2.51. The summed E-state index contributed by atoms with van der Waals surface area (Å²) in [6, 6.07) is -0.612. The number of methoxy groups -OCH3 is 1. The van der Waals surface area contributed by atoms with Crippen LogP contribution in [0.3, 0.4) is 0 Å². The normalized spacial score (nSPS) is 15.9. The van der Waals surface area contributed by atoms with Gasteiger partial charge in [-0.25, -0.2) is 4.79 Å². The molecule has 2 N–H and O–H groups in total. The Morgan fingerprint density at radius 1 is 1.03 bits per heavy atom. The average molecular weight is 561 g/mol. The zero-order valence-corrected chi connectivity index (χ0v) is 26.7. The molecule has 1 rings (SSSR count). The van der Waals surface area contributed by atoms with E-state index in [1.165, 1.54) is 45.8 Å². The Morgan fingerprint density at radius 3 is 1.79 bits per heavy atom. The van der Waals surface area contributed by atoms with Crippen molar-refractivity contribution in [2.45, 2.75) is 98.3 Å². The average Bonchev–Trinajstić information content (AvgIpc) is 2.89. The first kappa shape index (κ1) is 41.4. The monoisotopic (exact) mass is 560 g/mol. The molecule has 10 heteroatoms. The summed E-state index contributed by atoms with van der Waals surface area (Å²) in [4.78, 5) is 48.5. The van der Waals surface area contributed by atoms with E-state index in [2.05, 4.69) is 45.0 Å². The van der Waals surface area contributed by atoms with Crippen LogP contribution in [0.4, 0.5) is 4.79 Å². The van der Waals surface area contributed by atoms with Gasteiger partial charge in [0.15, 0.2) is 0 Å². The molecule has 0 bridgehead atoms. The number of nitrogens with zero attached hydrogens (tertiary/aromatic N) is 3. The molecule has 0 aliphatic carbocycles. The molecule has 0 saturated carbocycles. The number of nitrogens with one attached hydrogen (secondary N) is 1. The number of piperidine rings is 1. The number of carboxylic acid groups (broad SMARTS) is 1. The molecule has 0 aromatic carbocycles. The van der Waals surface area contributed by atoms with Crippen LogP contribution in [0, 0.1) is 11.8 Å². The molecule has 0 spiro atoms. The third-order valence-corrected chi connectivity index (χ3v) is 6.56. The van der Waals surface area contributed by atoms with E-state index in [-0.39, 0.29) is 29.9 Å². The molecule has 1 heterocycles. The van der Waals surface area contributed by atoms with Crippen molar-refractivity contribution in [3.8, 4) is 0 Å². The third kappa shape index (κ3) is 19.6. The number of hydrogen-bond donors (Lipinski definition) is 2. The van der Waals surface area contributed by atoms with Gasteiger partial charge in [0.1, 0.15) is 12.6 Å². The molecule has 1 aliphatic heterocycles. The van der Waals surface area contributed by atoms with Gasteiger partial charge < -0.3 is 39.4 Å². The molecule has 1 unspecified atom stereocenters. The summed E-state index contributed by atoms with van der Waals surface area (Å²) in [6.07, 6.45) is 6.94. The summed E-state index contributed by atoms with van der Waals surface area (Å²) in [5.74, 6) is 0.310. The van der Waals surface area contributed by atoms with Gasteiger partial charge >= 0.3 is 6.09 Å². The number of likely N-dealkylation sites (N-methyl/N-ethyl adjacent to an activating group) is 3. The summed E-state index contributed by atoms with van der Waals surface area (Å²) in [5.41, 5.74) is 0. The van der Waals surface area contributed by atoms with E-state index in [0.29, 0.717) is 19.3 Å². The van der Waals surface area contributed by atoms with Gasteiger partial charge in [0.05, 0.1) is 24.7 Å². The Bertz CT molecular complexity index is 629. The molecule has 232 valence electrons. The van der Waals surface area contributed by atoms with Gasteiger partial charge in [-0.05, 0) is 51.9 Å². The Balaban J connectivity index is -0.000000519. The Kier molecular flexibility index (Phi) is 27.8. The predicted molar refractivity (Wildman–Crippen MR) is 159 cm³/mol. The highest BCUT2D eigenvalue weighted by atomic mass is 16.5. The van der Waals surface area contributed by atoms with Crippen LogP contribution in [-0.2, 0) is 19.1 Å². The Morgan fingerprint density at radius 2 is 1.54 bits per heavy atom. The van der Waals surface area contributed by atoms with E-state index in [4.69, 9.17) is 9.84 Å². The van der Waals surface area contributed by atoms with E-state index in [1.54, 1.807) is 40.0 Å². The minimum absolute atomic E-state index is 0.00995. The molecule has 0 aromatic heterocycles. The first-order valence-electron chi connectivity index (χ1n) is 14.3. The Labute approximate surface area is 238 Å². The van der Waals surface area contributed by atoms with Gasteiger partial charge in [0.2, 0.25) is 5.91 Å². The summed E-state index contributed by atoms with van der Waals surface area (Å²) >= 11 is 0. The first-order valence-corrected chi connectivity index (χ1v) is 14.3. The van der Waals surface area contributed by atoms with Gasteiger partial charge in [0, 0.05) is 27.6 Å². The van der Waals surface area contributed by atoms with Crippen LogP contribution in [0.1, 0.15) is 80.1 Å². The largest absolute Gasteiger partial charge is 0.465 e. The van der Waals surface area contributed by atoms with Crippen LogP contribution in [0.25, 0.3) is 0 Å². The first-order chi connectivity index (χ1) is 18.3. The zero-order chi connectivity index (χ0) is 31.0. The zero-order valence-electron chi connectivity index (χ0n) is 26.7. The molecule has 0 aromatic rings. The fourth-order valence-electron chi connectivity index (χ4n) is 4.03. The van der Waals surface area contributed by atoms with Crippen molar-refractivity contribution in [3.05, 3.63) is 0 Å². The number of amides is 2. The molecule has 0 radical (unpaired) electrons. The fourth-order valence-corrected chi connectivity index (χ4v) is 4.03. The number of likely N-dealkylation sites (tertiary alicyclic amines) is 1. The highest BCUT2D eigenvalue weighted by Crippen LogP contribution is 2.20. The molecule has 1 saturated heterocycles.